The molecule has 76 valence electrons. The van der Waals surface area contributed by atoms with Crippen LogP contribution in [-0.2, 0) is 9.63 Å². The molecule has 5 heteroatoms. The van der Waals surface area contributed by atoms with Gasteiger partial charge in [0.25, 0.3) is 5.91 Å². The Morgan fingerprint density at radius 2 is 2.07 bits per heavy atom. The Labute approximate surface area is 95.7 Å². The SMILES string of the molecule is CONC(=O)COc1ccc(I)cc1. The minimum absolute atomic E-state index is 0.0472. The Balaban J connectivity index is 2.38. The predicted octanol–water partition coefficient (Wildman–Crippen LogP) is 1.35. The number of nitrogens with one attached hydrogen (secondary N) is 1. The molecule has 0 saturated carbocycles. The van der Waals surface area contributed by atoms with Gasteiger partial charge in [0.1, 0.15) is 5.75 Å². The Bertz CT molecular complexity index is 299. The summed E-state index contributed by atoms with van der Waals surface area (Å²) in [5.41, 5.74) is 2.16. The van der Waals surface area contributed by atoms with Crippen molar-refractivity contribution in [3.05, 3.63) is 27.8 Å². The van der Waals surface area contributed by atoms with Crippen LogP contribution in [0.2, 0.25) is 0 Å². The molecule has 1 amide bonds. The van der Waals surface area contributed by atoms with E-state index in [0.717, 1.165) is 3.57 Å². The van der Waals surface area contributed by atoms with Crippen molar-refractivity contribution in [1.29, 1.82) is 0 Å². The Morgan fingerprint density at radius 3 is 2.64 bits per heavy atom. The van der Waals surface area contributed by atoms with E-state index in [9.17, 15) is 4.79 Å². The summed E-state index contributed by atoms with van der Waals surface area (Å²) in [6.45, 7) is -0.0472. The number of ether oxygens (including phenoxy) is 1. The lowest BCUT2D eigenvalue weighted by Gasteiger charge is -2.05. The van der Waals surface area contributed by atoms with E-state index >= 15 is 0 Å². The summed E-state index contributed by atoms with van der Waals surface area (Å²) in [5, 5.41) is 0. The van der Waals surface area contributed by atoms with E-state index in [1.165, 1.54) is 7.11 Å². The number of carbonyl (C=O) groups is 1. The van der Waals surface area contributed by atoms with Crippen molar-refractivity contribution in [3.63, 3.8) is 0 Å². The monoisotopic (exact) mass is 307 g/mol. The van der Waals surface area contributed by atoms with Crippen LogP contribution in [0, 0.1) is 3.57 Å². The molecule has 0 aliphatic rings. The molecule has 1 aromatic rings. The van der Waals surface area contributed by atoms with Gasteiger partial charge in [-0.05, 0) is 46.9 Å². The molecule has 0 aliphatic carbocycles. The normalized spacial score (nSPS) is 9.57. The van der Waals surface area contributed by atoms with Gasteiger partial charge in [-0.25, -0.2) is 5.48 Å². The molecule has 0 saturated heterocycles. The molecule has 4 nitrogen and oxygen atoms in total. The molecule has 0 aromatic heterocycles. The Kier molecular flexibility index (Phi) is 4.68. The van der Waals surface area contributed by atoms with E-state index in [0.29, 0.717) is 5.75 Å². The standard InChI is InChI=1S/C9H10INO3/c1-13-11-9(12)6-14-8-4-2-7(10)3-5-8/h2-5H,6H2,1H3,(H,11,12). The lowest BCUT2D eigenvalue weighted by Crippen LogP contribution is -2.27. The van der Waals surface area contributed by atoms with Gasteiger partial charge in [0.2, 0.25) is 0 Å². The topological polar surface area (TPSA) is 47.6 Å². The van der Waals surface area contributed by atoms with Gasteiger partial charge in [-0.3, -0.25) is 9.63 Å². The van der Waals surface area contributed by atoms with E-state index < -0.39 is 0 Å². The number of hydroxylamine groups is 1. The van der Waals surface area contributed by atoms with Crippen LogP contribution in [0.15, 0.2) is 24.3 Å². The van der Waals surface area contributed by atoms with Crippen molar-refractivity contribution in [3.8, 4) is 5.75 Å². The van der Waals surface area contributed by atoms with E-state index in [1.807, 2.05) is 24.3 Å². The molecule has 0 heterocycles. The van der Waals surface area contributed by atoms with Gasteiger partial charge in [-0.15, -0.1) is 0 Å². The van der Waals surface area contributed by atoms with Crippen LogP contribution >= 0.6 is 22.6 Å². The second-order valence-electron chi connectivity index (χ2n) is 2.47. The molecule has 14 heavy (non-hydrogen) atoms. The summed E-state index contributed by atoms with van der Waals surface area (Å²) < 4.78 is 6.30. The molecule has 0 unspecified atom stereocenters. The average molecular weight is 307 g/mol. The highest BCUT2D eigenvalue weighted by molar-refractivity contribution is 14.1. The molecular formula is C9H10INO3. The average Bonchev–Trinajstić information content (AvgIpc) is 2.17. The zero-order valence-electron chi connectivity index (χ0n) is 7.62. The van der Waals surface area contributed by atoms with Crippen LogP contribution in [0.25, 0.3) is 0 Å². The van der Waals surface area contributed by atoms with Crippen molar-refractivity contribution in [2.45, 2.75) is 0 Å². The fourth-order valence-corrected chi connectivity index (χ4v) is 1.18. The van der Waals surface area contributed by atoms with E-state index in [4.69, 9.17) is 4.74 Å². The first-order valence-corrected chi connectivity index (χ1v) is 5.00. The highest BCUT2D eigenvalue weighted by Gasteiger charge is 2.00. The predicted molar refractivity (Wildman–Crippen MR) is 59.8 cm³/mol. The van der Waals surface area contributed by atoms with Crippen LogP contribution in [0.3, 0.4) is 0 Å². The van der Waals surface area contributed by atoms with Crippen LogP contribution in [0.1, 0.15) is 0 Å². The Hall–Kier alpha value is -0.820. The van der Waals surface area contributed by atoms with Gasteiger partial charge in [0.05, 0.1) is 7.11 Å². The quantitative estimate of drug-likeness (QED) is 0.675. The lowest BCUT2D eigenvalue weighted by atomic mass is 10.3. The van der Waals surface area contributed by atoms with Crippen molar-refractivity contribution in [2.75, 3.05) is 13.7 Å². The molecule has 0 aliphatic heterocycles. The zero-order valence-corrected chi connectivity index (χ0v) is 9.78. The second kappa shape index (κ2) is 5.82. The highest BCUT2D eigenvalue weighted by atomic mass is 127. The minimum atomic E-state index is -0.314. The molecule has 1 rings (SSSR count). The maximum absolute atomic E-state index is 10.9. The second-order valence-corrected chi connectivity index (χ2v) is 3.72. The van der Waals surface area contributed by atoms with Crippen molar-refractivity contribution in [1.82, 2.24) is 5.48 Å². The van der Waals surface area contributed by atoms with E-state index in [-0.39, 0.29) is 12.5 Å². The van der Waals surface area contributed by atoms with Crippen LogP contribution < -0.4 is 10.2 Å². The molecule has 0 fully saturated rings. The highest BCUT2D eigenvalue weighted by Crippen LogP contribution is 2.12. The number of hydrogen-bond acceptors (Lipinski definition) is 3. The summed E-state index contributed by atoms with van der Waals surface area (Å²) in [5.74, 6) is 0.350. The van der Waals surface area contributed by atoms with Gasteiger partial charge < -0.3 is 4.74 Å². The summed E-state index contributed by atoms with van der Waals surface area (Å²) in [6.07, 6.45) is 0. The van der Waals surface area contributed by atoms with Gasteiger partial charge >= 0.3 is 0 Å². The van der Waals surface area contributed by atoms with Crippen molar-refractivity contribution < 1.29 is 14.4 Å². The number of benzene rings is 1. The molecule has 1 N–H and O–H groups in total. The first kappa shape index (κ1) is 11.3. The summed E-state index contributed by atoms with van der Waals surface area (Å²) in [4.78, 5) is 15.4. The summed E-state index contributed by atoms with van der Waals surface area (Å²) in [6, 6.07) is 7.43. The van der Waals surface area contributed by atoms with Crippen LogP contribution in [0.5, 0.6) is 5.75 Å². The lowest BCUT2D eigenvalue weighted by molar-refractivity contribution is -0.133. The summed E-state index contributed by atoms with van der Waals surface area (Å²) in [7, 11) is 1.38. The first-order valence-electron chi connectivity index (χ1n) is 3.92. The van der Waals surface area contributed by atoms with Gasteiger partial charge in [0, 0.05) is 3.57 Å². The third-order valence-corrected chi connectivity index (χ3v) is 2.12. The van der Waals surface area contributed by atoms with Crippen LogP contribution in [-0.4, -0.2) is 19.6 Å². The number of carbonyl (C=O) groups excluding carboxylic acids is 1. The van der Waals surface area contributed by atoms with Gasteiger partial charge in [-0.2, -0.15) is 0 Å². The molecule has 0 atom stereocenters. The fraction of sp³-hybridized carbons (Fsp3) is 0.222. The Morgan fingerprint density at radius 1 is 1.43 bits per heavy atom. The van der Waals surface area contributed by atoms with Crippen molar-refractivity contribution >= 4 is 28.5 Å². The van der Waals surface area contributed by atoms with Gasteiger partial charge in [0.15, 0.2) is 6.61 Å². The molecule has 1 aromatic carbocycles. The maximum atomic E-state index is 10.9. The summed E-state index contributed by atoms with van der Waals surface area (Å²) >= 11 is 2.20. The smallest absolute Gasteiger partial charge is 0.281 e. The van der Waals surface area contributed by atoms with E-state index in [2.05, 4.69) is 32.9 Å². The third-order valence-electron chi connectivity index (χ3n) is 1.40. The molecule has 0 spiro atoms. The molecular weight excluding hydrogens is 297 g/mol. The number of halogens is 1. The zero-order chi connectivity index (χ0) is 10.4. The fourth-order valence-electron chi connectivity index (χ4n) is 0.823. The van der Waals surface area contributed by atoms with Gasteiger partial charge in [-0.1, -0.05) is 0 Å². The number of hydrogen-bond donors (Lipinski definition) is 1. The minimum Gasteiger partial charge on any atom is -0.484 e. The van der Waals surface area contributed by atoms with Crippen LogP contribution in [0.4, 0.5) is 0 Å². The number of rotatable bonds is 4. The van der Waals surface area contributed by atoms with Crippen molar-refractivity contribution in [2.24, 2.45) is 0 Å². The number of amides is 1. The van der Waals surface area contributed by atoms with E-state index in [1.54, 1.807) is 0 Å². The molecule has 0 radical (unpaired) electrons. The maximum Gasteiger partial charge on any atom is 0.281 e. The largest absolute Gasteiger partial charge is 0.484 e. The molecule has 0 bridgehead atoms. The first-order chi connectivity index (χ1) is 6.72. The third kappa shape index (κ3) is 3.93.